The van der Waals surface area contributed by atoms with E-state index in [2.05, 4.69) is 15.2 Å². The first kappa shape index (κ1) is 15.8. The molecule has 10 heteroatoms. The lowest BCUT2D eigenvalue weighted by atomic mass is 10.2. The fraction of sp³-hybridized carbons (Fsp3) is 0. The Morgan fingerprint density at radius 2 is 1.52 bits per heavy atom. The average Bonchev–Trinajstić information content (AvgIpc) is 2.99. The van der Waals surface area contributed by atoms with Crippen LogP contribution in [0.1, 0.15) is 0 Å². The molecule has 0 aliphatic heterocycles. The molecule has 0 saturated heterocycles. The summed E-state index contributed by atoms with van der Waals surface area (Å²) in [5.74, 6) is -6.74. The minimum atomic E-state index is -1.76. The molecule has 3 rings (SSSR count). The predicted octanol–water partition coefficient (Wildman–Crippen LogP) is 4.49. The van der Waals surface area contributed by atoms with E-state index < -0.39 is 28.4 Å². The quantitative estimate of drug-likeness (QED) is 0.508. The molecule has 2 aromatic heterocycles. The summed E-state index contributed by atoms with van der Waals surface area (Å²) in [6.07, 6.45) is 0. The summed E-state index contributed by atoms with van der Waals surface area (Å²) in [5.41, 5.74) is 0.516. The molecule has 0 aliphatic rings. The zero-order valence-corrected chi connectivity index (χ0v) is 12.4. The van der Waals surface area contributed by atoms with Gasteiger partial charge in [0, 0.05) is 10.6 Å². The molecule has 0 aliphatic carbocycles. The van der Waals surface area contributed by atoms with Crippen LogP contribution in [0, 0.1) is 23.5 Å². The molecule has 23 heavy (non-hydrogen) atoms. The number of hydrogen-bond donors (Lipinski definition) is 0. The van der Waals surface area contributed by atoms with Gasteiger partial charge in [-0.15, -0.1) is 10.2 Å². The molecule has 4 nitrogen and oxygen atoms in total. The van der Waals surface area contributed by atoms with E-state index in [1.165, 1.54) is 0 Å². The molecule has 1 aromatic carbocycles. The minimum Gasteiger partial charge on any atom is -0.411 e. The predicted molar refractivity (Wildman–Crippen MR) is 72.9 cm³/mol. The van der Waals surface area contributed by atoms with Crippen LogP contribution in [0.15, 0.2) is 38.8 Å². The van der Waals surface area contributed by atoms with Crippen LogP contribution in [0.5, 0.6) is 0 Å². The highest BCUT2D eigenvalue weighted by Crippen LogP contribution is 2.34. The monoisotopic (exact) mass is 361 g/mol. The number of aromatic nitrogens is 3. The number of pyridine rings is 1. The van der Waals surface area contributed by atoms with E-state index in [1.54, 1.807) is 24.3 Å². The van der Waals surface area contributed by atoms with Crippen LogP contribution >= 0.6 is 23.4 Å². The molecule has 0 N–H and O–H groups in total. The van der Waals surface area contributed by atoms with E-state index in [0.29, 0.717) is 10.6 Å². The van der Waals surface area contributed by atoms with Crippen molar-refractivity contribution in [3.63, 3.8) is 0 Å². The summed E-state index contributed by atoms with van der Waals surface area (Å²) in [6.45, 7) is 0. The van der Waals surface area contributed by atoms with Gasteiger partial charge in [0.2, 0.25) is 5.89 Å². The van der Waals surface area contributed by atoms with Crippen molar-refractivity contribution < 1.29 is 22.0 Å². The van der Waals surface area contributed by atoms with Crippen molar-refractivity contribution in [2.75, 3.05) is 0 Å². The maximum Gasteiger partial charge on any atom is 0.281 e. The second-order valence-corrected chi connectivity index (χ2v) is 5.53. The Labute approximate surface area is 135 Å². The Morgan fingerprint density at radius 3 is 2.13 bits per heavy atom. The number of halogens is 5. The van der Waals surface area contributed by atoms with Crippen LogP contribution < -0.4 is 0 Å². The topological polar surface area (TPSA) is 51.8 Å². The van der Waals surface area contributed by atoms with Crippen molar-refractivity contribution in [1.29, 1.82) is 0 Å². The van der Waals surface area contributed by atoms with Gasteiger partial charge >= 0.3 is 0 Å². The zero-order valence-electron chi connectivity index (χ0n) is 10.9. The molecule has 118 valence electrons. The number of hydrogen-bond acceptors (Lipinski definition) is 5. The number of rotatable bonds is 3. The molecule has 0 unspecified atom stereocenters. The summed E-state index contributed by atoms with van der Waals surface area (Å²) in [5, 5.41) is 7.46. The van der Waals surface area contributed by atoms with Gasteiger partial charge in [-0.3, -0.25) is 0 Å². The van der Waals surface area contributed by atoms with Gasteiger partial charge in [0.1, 0.15) is 0 Å². The molecule has 0 amide bonds. The molecule has 2 heterocycles. The summed E-state index contributed by atoms with van der Waals surface area (Å²) < 4.78 is 58.4. The highest BCUT2D eigenvalue weighted by atomic mass is 35.5. The fourth-order valence-electron chi connectivity index (χ4n) is 1.61. The average molecular weight is 362 g/mol. The first-order chi connectivity index (χ1) is 11.0. The van der Waals surface area contributed by atoms with E-state index in [1.807, 2.05) is 0 Å². The van der Waals surface area contributed by atoms with Crippen LogP contribution in [0.25, 0.3) is 11.5 Å². The molecule has 0 saturated carbocycles. The van der Waals surface area contributed by atoms with Crippen molar-refractivity contribution in [3.8, 4) is 11.5 Å². The van der Waals surface area contributed by atoms with Crippen LogP contribution in [0.4, 0.5) is 17.6 Å². The van der Waals surface area contributed by atoms with Gasteiger partial charge in [0.05, 0.1) is 4.90 Å². The molecular formula is C13H4ClF4N3OS. The third kappa shape index (κ3) is 3.15. The molecule has 0 spiro atoms. The molecule has 0 bridgehead atoms. The second-order valence-electron chi connectivity index (χ2n) is 4.13. The van der Waals surface area contributed by atoms with Gasteiger partial charge in [-0.2, -0.15) is 13.8 Å². The van der Waals surface area contributed by atoms with Crippen molar-refractivity contribution >= 4 is 23.4 Å². The Kier molecular flexibility index (Phi) is 4.22. The minimum absolute atomic E-state index is 0.0555. The SMILES string of the molecule is Fc1nc(F)c(F)c(Sc2nnc(-c3ccc(Cl)cc3)o2)c1F. The summed E-state index contributed by atoms with van der Waals surface area (Å²) in [7, 11) is 0. The van der Waals surface area contributed by atoms with Crippen molar-refractivity contribution in [1.82, 2.24) is 15.2 Å². The number of benzene rings is 1. The van der Waals surface area contributed by atoms with Gasteiger partial charge < -0.3 is 4.42 Å². The standard InChI is InChI=1S/C13H4ClF4N3OS/c14-6-3-1-5(2-4-6)12-20-21-13(22-12)23-9-7(15)10(17)19-11(18)8(9)16/h1-4H. The van der Waals surface area contributed by atoms with E-state index in [0.717, 1.165) is 0 Å². The lowest BCUT2D eigenvalue weighted by Gasteiger charge is -2.02. The molecule has 0 atom stereocenters. The molecular weight excluding hydrogens is 358 g/mol. The van der Waals surface area contributed by atoms with E-state index in [4.69, 9.17) is 16.0 Å². The normalized spacial score (nSPS) is 11.0. The Morgan fingerprint density at radius 1 is 0.913 bits per heavy atom. The van der Waals surface area contributed by atoms with Gasteiger partial charge in [-0.1, -0.05) is 11.6 Å². The summed E-state index contributed by atoms with van der Waals surface area (Å²) >= 11 is 6.00. The Balaban J connectivity index is 1.92. The zero-order chi connectivity index (χ0) is 16.6. The maximum atomic E-state index is 13.5. The molecule has 0 fully saturated rings. The Bertz CT molecular complexity index is 846. The molecule has 0 radical (unpaired) electrons. The van der Waals surface area contributed by atoms with Gasteiger partial charge in [-0.05, 0) is 36.0 Å². The largest absolute Gasteiger partial charge is 0.411 e. The van der Waals surface area contributed by atoms with Crippen molar-refractivity contribution in [2.45, 2.75) is 10.1 Å². The third-order valence-corrected chi connectivity index (χ3v) is 3.80. The first-order valence-corrected chi connectivity index (χ1v) is 7.12. The smallest absolute Gasteiger partial charge is 0.281 e. The highest BCUT2D eigenvalue weighted by molar-refractivity contribution is 7.99. The van der Waals surface area contributed by atoms with Crippen molar-refractivity contribution in [2.24, 2.45) is 0 Å². The maximum absolute atomic E-state index is 13.5. The van der Waals surface area contributed by atoms with Crippen LogP contribution in [-0.4, -0.2) is 15.2 Å². The highest BCUT2D eigenvalue weighted by Gasteiger charge is 2.23. The van der Waals surface area contributed by atoms with Crippen LogP contribution in [-0.2, 0) is 0 Å². The lowest BCUT2D eigenvalue weighted by Crippen LogP contribution is -2.01. The summed E-state index contributed by atoms with van der Waals surface area (Å²) in [6, 6.07) is 6.36. The summed E-state index contributed by atoms with van der Waals surface area (Å²) in [4.78, 5) is 1.50. The van der Waals surface area contributed by atoms with Crippen LogP contribution in [0.3, 0.4) is 0 Å². The van der Waals surface area contributed by atoms with Gasteiger partial charge in [0.25, 0.3) is 17.1 Å². The Hall–Kier alpha value is -2.13. The lowest BCUT2D eigenvalue weighted by molar-refractivity contribution is 0.382. The second kappa shape index (κ2) is 6.17. The fourth-order valence-corrected chi connectivity index (χ4v) is 2.46. The molecule has 3 aromatic rings. The van der Waals surface area contributed by atoms with Crippen LogP contribution in [0.2, 0.25) is 5.02 Å². The van der Waals surface area contributed by atoms with E-state index in [9.17, 15) is 17.6 Å². The van der Waals surface area contributed by atoms with E-state index >= 15 is 0 Å². The van der Waals surface area contributed by atoms with Gasteiger partial charge in [-0.25, -0.2) is 8.78 Å². The number of nitrogens with zero attached hydrogens (tertiary/aromatic N) is 3. The van der Waals surface area contributed by atoms with E-state index in [-0.39, 0.29) is 22.9 Å². The van der Waals surface area contributed by atoms with Crippen molar-refractivity contribution in [3.05, 3.63) is 52.8 Å². The third-order valence-electron chi connectivity index (χ3n) is 2.64. The van der Waals surface area contributed by atoms with Gasteiger partial charge in [0.15, 0.2) is 11.6 Å². The first-order valence-electron chi connectivity index (χ1n) is 5.93.